The van der Waals surface area contributed by atoms with Crippen molar-refractivity contribution in [2.24, 2.45) is 5.92 Å². The molecule has 37 heavy (non-hydrogen) atoms. The minimum Gasteiger partial charge on any atom is -0.480 e. The second kappa shape index (κ2) is 11.7. The van der Waals surface area contributed by atoms with E-state index in [1.54, 1.807) is 6.20 Å². The van der Waals surface area contributed by atoms with E-state index < -0.39 is 15.7 Å². The Labute approximate surface area is 233 Å². The van der Waals surface area contributed by atoms with E-state index in [1.165, 1.54) is 5.56 Å². The number of nitrogens with zero attached hydrogens (tertiary/aromatic N) is 3. The normalized spacial score (nSPS) is 22.1. The third-order valence-corrected chi connectivity index (χ3v) is 9.29. The molecule has 2 fully saturated rings. The summed E-state index contributed by atoms with van der Waals surface area (Å²) in [5.74, 6) is 0.214. The van der Waals surface area contributed by atoms with E-state index in [-0.39, 0.29) is 12.0 Å². The maximum absolute atomic E-state index is 15.9. The summed E-state index contributed by atoms with van der Waals surface area (Å²) < 4.78 is 20.4. The van der Waals surface area contributed by atoms with Crippen LogP contribution in [0, 0.1) is 5.92 Å². The van der Waals surface area contributed by atoms with E-state index in [0.29, 0.717) is 37.4 Å². The van der Waals surface area contributed by atoms with E-state index in [4.69, 9.17) is 9.72 Å². The van der Waals surface area contributed by atoms with Gasteiger partial charge in [-0.15, -0.1) is 9.24 Å². The third-order valence-electron chi connectivity index (χ3n) is 7.56. The van der Waals surface area contributed by atoms with Crippen molar-refractivity contribution >= 4 is 48.9 Å². The van der Waals surface area contributed by atoms with Gasteiger partial charge in [0.05, 0.1) is 0 Å². The minimum atomic E-state index is -1.38. The maximum atomic E-state index is 15.9. The molecule has 0 spiro atoms. The van der Waals surface area contributed by atoms with Gasteiger partial charge in [0.2, 0.25) is 5.88 Å². The smallest absolute Gasteiger partial charge is 0.325 e. The number of carbonyl (C=O) groups is 1. The number of unbranched alkanes of at least 4 members (excludes halogenated alkanes) is 1. The number of hydrogen-bond acceptors (Lipinski definition) is 6. The molecule has 1 saturated heterocycles. The van der Waals surface area contributed by atoms with Crippen molar-refractivity contribution in [2.75, 3.05) is 25.0 Å². The Morgan fingerprint density at radius 2 is 2.19 bits per heavy atom. The molecule has 2 aliphatic heterocycles. The second-order valence-corrected chi connectivity index (χ2v) is 13.0. The second-order valence-electron chi connectivity index (χ2n) is 10.5. The Morgan fingerprint density at radius 1 is 1.35 bits per heavy atom. The van der Waals surface area contributed by atoms with E-state index >= 15 is 4.39 Å². The van der Waals surface area contributed by atoms with Crippen LogP contribution in [0.4, 0.5) is 10.2 Å². The molecule has 4 atom stereocenters. The average Bonchev–Trinajstić information content (AvgIpc) is 3.56. The molecule has 2 N–H and O–H groups in total. The number of carboxylic acid groups (broad SMARTS) is 1. The van der Waals surface area contributed by atoms with Crippen molar-refractivity contribution in [1.29, 1.82) is 0 Å². The topological polar surface area (TPSA) is 87.6 Å². The average molecular weight is 640 g/mol. The molecule has 4 unspecified atom stereocenters. The van der Waals surface area contributed by atoms with Gasteiger partial charge in [-0.2, -0.15) is 0 Å². The summed E-state index contributed by atoms with van der Waals surface area (Å²) in [6.07, 6.45) is 9.49. The lowest BCUT2D eigenvalue weighted by Gasteiger charge is -2.29. The van der Waals surface area contributed by atoms with Crippen molar-refractivity contribution in [3.63, 3.8) is 0 Å². The first-order valence-electron chi connectivity index (χ1n) is 13.3. The van der Waals surface area contributed by atoms with Crippen molar-refractivity contribution < 1.29 is 19.0 Å². The molecule has 0 amide bonds. The number of ether oxygens (including phenoxy) is 1. The van der Waals surface area contributed by atoms with Gasteiger partial charge in [0.1, 0.15) is 18.0 Å². The van der Waals surface area contributed by atoms with Crippen molar-refractivity contribution in [2.45, 2.75) is 73.6 Å². The monoisotopic (exact) mass is 640 g/mol. The van der Waals surface area contributed by atoms with E-state index in [1.807, 2.05) is 33.6 Å². The van der Waals surface area contributed by atoms with Crippen LogP contribution in [0.5, 0.6) is 5.88 Å². The van der Waals surface area contributed by atoms with Gasteiger partial charge in [0.15, 0.2) is 3.68 Å². The Balaban J connectivity index is 1.17. The standard InChI is InChI=1S/C27H35FIN4O3P/c28-27(29,11-2-1-5-19-7-6-17-4-3-12-30-24(17)32-19)18-10-13-33(16-18)23(26(34)35)22-14-21(37)15-31-25(22)36-20-8-9-20/h6-7,14-15,18,20,23H,1-5,8-13,16,37H2,(H,30,32)(H,34,35). The number of nitrogens with one attached hydrogen (secondary N) is 1. The fraction of sp³-hybridized carbons (Fsp3) is 0.593. The van der Waals surface area contributed by atoms with Gasteiger partial charge >= 0.3 is 5.97 Å². The quantitative estimate of drug-likeness (QED) is 0.158. The number of aliphatic carboxylic acids is 1. The molecule has 4 heterocycles. The minimum absolute atomic E-state index is 0.114. The number of fused-ring (bicyclic) bond motifs is 1. The van der Waals surface area contributed by atoms with Gasteiger partial charge in [-0.3, -0.25) is 9.69 Å². The van der Waals surface area contributed by atoms with Crippen molar-refractivity contribution in [1.82, 2.24) is 14.9 Å². The molecule has 2 aromatic heterocycles. The van der Waals surface area contributed by atoms with Crippen LogP contribution in [0.15, 0.2) is 24.4 Å². The predicted molar refractivity (Wildman–Crippen MR) is 154 cm³/mol. The van der Waals surface area contributed by atoms with Crippen LogP contribution < -0.4 is 15.4 Å². The molecule has 3 aliphatic rings. The summed E-state index contributed by atoms with van der Waals surface area (Å²) in [5, 5.41) is 14.3. The first kappa shape index (κ1) is 27.0. The summed E-state index contributed by atoms with van der Waals surface area (Å²) in [5.41, 5.74) is 2.89. The Morgan fingerprint density at radius 3 is 2.97 bits per heavy atom. The first-order valence-corrected chi connectivity index (χ1v) is 14.9. The molecule has 7 nitrogen and oxygen atoms in total. The van der Waals surface area contributed by atoms with Crippen LogP contribution in [0.1, 0.15) is 67.8 Å². The highest BCUT2D eigenvalue weighted by Crippen LogP contribution is 2.43. The van der Waals surface area contributed by atoms with Crippen molar-refractivity contribution in [3.8, 4) is 5.88 Å². The van der Waals surface area contributed by atoms with Crippen LogP contribution in [0.2, 0.25) is 0 Å². The van der Waals surface area contributed by atoms with Gasteiger partial charge in [0.25, 0.3) is 0 Å². The number of likely N-dealkylation sites (tertiary alicyclic amines) is 1. The summed E-state index contributed by atoms with van der Waals surface area (Å²) in [6.45, 7) is 1.91. The van der Waals surface area contributed by atoms with Crippen LogP contribution >= 0.6 is 31.8 Å². The molecule has 0 aromatic carbocycles. The van der Waals surface area contributed by atoms with E-state index in [0.717, 1.165) is 68.3 Å². The third kappa shape index (κ3) is 6.71. The lowest BCUT2D eigenvalue weighted by atomic mass is 9.97. The lowest BCUT2D eigenvalue weighted by molar-refractivity contribution is -0.143. The summed E-state index contributed by atoms with van der Waals surface area (Å²) in [6, 6.07) is 5.18. The van der Waals surface area contributed by atoms with Crippen molar-refractivity contribution in [3.05, 3.63) is 41.2 Å². The molecule has 1 aliphatic carbocycles. The number of anilines is 1. The largest absolute Gasteiger partial charge is 0.480 e. The number of pyridine rings is 2. The molecule has 0 radical (unpaired) electrons. The van der Waals surface area contributed by atoms with Gasteiger partial charge in [-0.25, -0.2) is 14.4 Å². The highest BCUT2D eigenvalue weighted by molar-refractivity contribution is 14.1. The van der Waals surface area contributed by atoms with Crippen LogP contribution in [-0.2, 0) is 17.6 Å². The number of aryl methyl sites for hydroxylation is 2. The van der Waals surface area contributed by atoms with Gasteiger partial charge < -0.3 is 15.2 Å². The zero-order chi connectivity index (χ0) is 26.0. The number of halogens is 2. The number of hydrogen-bond donors (Lipinski definition) is 2. The molecule has 2 aromatic rings. The highest BCUT2D eigenvalue weighted by atomic mass is 127. The summed E-state index contributed by atoms with van der Waals surface area (Å²) >= 11 is 1.96. The fourth-order valence-electron chi connectivity index (χ4n) is 5.36. The van der Waals surface area contributed by atoms with Gasteiger partial charge in [-0.1, -0.05) is 6.07 Å². The molecular formula is C27H35FIN4O3P. The number of carboxylic acids is 1. The van der Waals surface area contributed by atoms with Crippen LogP contribution in [-0.4, -0.2) is 55.4 Å². The SMILES string of the molecule is O=C(O)C(c1cc(P)cnc1OC1CC1)N1CCC(C(F)(I)CCCCc2ccc3c(n2)NCCC3)C1. The molecule has 200 valence electrons. The molecule has 1 saturated carbocycles. The number of alkyl halides is 2. The highest BCUT2D eigenvalue weighted by Gasteiger charge is 2.44. The summed E-state index contributed by atoms with van der Waals surface area (Å²) in [7, 11) is 2.57. The van der Waals surface area contributed by atoms with Crippen LogP contribution in [0.3, 0.4) is 0 Å². The van der Waals surface area contributed by atoms with E-state index in [2.05, 4.69) is 31.7 Å². The number of aromatic nitrogens is 2. The fourth-order valence-corrected chi connectivity index (χ4v) is 6.50. The molecule has 10 heteroatoms. The Bertz CT molecular complexity index is 1130. The summed E-state index contributed by atoms with van der Waals surface area (Å²) in [4.78, 5) is 23.4. The zero-order valence-electron chi connectivity index (χ0n) is 21.0. The molecule has 0 bridgehead atoms. The first-order chi connectivity index (χ1) is 17.8. The number of rotatable bonds is 11. The zero-order valence-corrected chi connectivity index (χ0v) is 24.3. The Kier molecular flexibility index (Phi) is 8.51. The predicted octanol–water partition coefficient (Wildman–Crippen LogP) is 4.84. The molecule has 5 rings (SSSR count). The lowest BCUT2D eigenvalue weighted by Crippen LogP contribution is -2.36. The maximum Gasteiger partial charge on any atom is 0.325 e. The van der Waals surface area contributed by atoms with E-state index in [9.17, 15) is 9.90 Å². The molecular weight excluding hydrogens is 605 g/mol. The van der Waals surface area contributed by atoms with Crippen LogP contribution in [0.25, 0.3) is 0 Å². The Hall–Kier alpha value is -1.58. The van der Waals surface area contributed by atoms with Gasteiger partial charge in [0, 0.05) is 36.5 Å². The van der Waals surface area contributed by atoms with Gasteiger partial charge in [-0.05, 0) is 110 Å².